The summed E-state index contributed by atoms with van der Waals surface area (Å²) in [6.45, 7) is 1.11. The number of nitrogens with one attached hydrogen (secondary N) is 2. The smallest absolute Gasteiger partial charge is 0.326 e. The number of carbonyl (C=O) groups excluding carboxylic acids is 1. The Balaban J connectivity index is 2.23. The SMILES string of the molecule is COCCCC(NC(=O)NCC1CCSC1)C(=O)O. The second kappa shape index (κ2) is 9.03. The van der Waals surface area contributed by atoms with Crippen LogP contribution in [0.4, 0.5) is 4.79 Å². The van der Waals surface area contributed by atoms with Crippen LogP contribution in [-0.4, -0.2) is 54.9 Å². The monoisotopic (exact) mass is 290 g/mol. The Morgan fingerprint density at radius 3 is 2.89 bits per heavy atom. The van der Waals surface area contributed by atoms with Crippen LogP contribution in [0.15, 0.2) is 0 Å². The number of urea groups is 1. The van der Waals surface area contributed by atoms with Crippen molar-refractivity contribution in [2.24, 2.45) is 5.92 Å². The van der Waals surface area contributed by atoms with E-state index in [0.29, 0.717) is 31.9 Å². The van der Waals surface area contributed by atoms with Crippen LogP contribution in [0.2, 0.25) is 0 Å². The van der Waals surface area contributed by atoms with E-state index in [4.69, 9.17) is 9.84 Å². The van der Waals surface area contributed by atoms with Gasteiger partial charge in [0.05, 0.1) is 0 Å². The van der Waals surface area contributed by atoms with Crippen molar-refractivity contribution in [1.29, 1.82) is 0 Å². The van der Waals surface area contributed by atoms with Gasteiger partial charge in [0.15, 0.2) is 0 Å². The molecular formula is C12H22N2O4S. The van der Waals surface area contributed by atoms with E-state index in [0.717, 1.165) is 17.9 Å². The molecule has 0 radical (unpaired) electrons. The normalized spacial score (nSPS) is 19.9. The summed E-state index contributed by atoms with van der Waals surface area (Å²) in [4.78, 5) is 22.6. The molecule has 2 amide bonds. The lowest BCUT2D eigenvalue weighted by molar-refractivity contribution is -0.139. The minimum absolute atomic E-state index is 0.371. The summed E-state index contributed by atoms with van der Waals surface area (Å²) < 4.78 is 4.87. The first-order chi connectivity index (χ1) is 9.13. The Bertz CT molecular complexity index is 295. The van der Waals surface area contributed by atoms with Crippen molar-refractivity contribution in [3.8, 4) is 0 Å². The quantitative estimate of drug-likeness (QED) is 0.579. The van der Waals surface area contributed by atoms with Crippen LogP contribution in [0.1, 0.15) is 19.3 Å². The van der Waals surface area contributed by atoms with E-state index >= 15 is 0 Å². The highest BCUT2D eigenvalue weighted by Crippen LogP contribution is 2.22. The third-order valence-corrected chi connectivity index (χ3v) is 4.25. The number of ether oxygens (including phenoxy) is 1. The number of amides is 2. The van der Waals surface area contributed by atoms with Crippen LogP contribution in [0.5, 0.6) is 0 Å². The van der Waals surface area contributed by atoms with Gasteiger partial charge in [-0.05, 0) is 36.7 Å². The number of carbonyl (C=O) groups is 2. The average molecular weight is 290 g/mol. The number of rotatable bonds is 8. The zero-order valence-electron chi connectivity index (χ0n) is 11.2. The van der Waals surface area contributed by atoms with Crippen LogP contribution in [-0.2, 0) is 9.53 Å². The van der Waals surface area contributed by atoms with Crippen molar-refractivity contribution < 1.29 is 19.4 Å². The summed E-state index contributed by atoms with van der Waals surface area (Å²) in [5.74, 6) is 1.70. The second-order valence-corrected chi connectivity index (χ2v) is 5.76. The van der Waals surface area contributed by atoms with Gasteiger partial charge >= 0.3 is 12.0 Å². The Labute approximate surface area is 117 Å². The first-order valence-electron chi connectivity index (χ1n) is 6.47. The molecule has 1 heterocycles. The number of aliphatic carboxylic acids is 1. The fourth-order valence-electron chi connectivity index (χ4n) is 1.88. The molecule has 1 fully saturated rings. The van der Waals surface area contributed by atoms with Gasteiger partial charge in [-0.2, -0.15) is 11.8 Å². The van der Waals surface area contributed by atoms with Crippen molar-refractivity contribution in [2.45, 2.75) is 25.3 Å². The molecule has 19 heavy (non-hydrogen) atoms. The Morgan fingerprint density at radius 1 is 1.53 bits per heavy atom. The van der Waals surface area contributed by atoms with E-state index < -0.39 is 18.0 Å². The van der Waals surface area contributed by atoms with Crippen LogP contribution >= 0.6 is 11.8 Å². The number of thioether (sulfide) groups is 1. The van der Waals surface area contributed by atoms with Gasteiger partial charge in [0.1, 0.15) is 6.04 Å². The first-order valence-corrected chi connectivity index (χ1v) is 7.62. The minimum atomic E-state index is -1.01. The Kier molecular flexibility index (Phi) is 7.66. The summed E-state index contributed by atoms with van der Waals surface area (Å²) in [5, 5.41) is 14.2. The summed E-state index contributed by atoms with van der Waals surface area (Å²) in [5.41, 5.74) is 0. The maximum Gasteiger partial charge on any atom is 0.326 e. The van der Waals surface area contributed by atoms with Gasteiger partial charge in [0, 0.05) is 20.3 Å². The molecule has 0 aromatic heterocycles. The van der Waals surface area contributed by atoms with Crippen molar-refractivity contribution in [1.82, 2.24) is 10.6 Å². The highest BCUT2D eigenvalue weighted by atomic mass is 32.2. The van der Waals surface area contributed by atoms with Crippen molar-refractivity contribution >= 4 is 23.8 Å². The summed E-state index contributed by atoms with van der Waals surface area (Å²) >= 11 is 1.89. The predicted octanol–water partition coefficient (Wildman–Crippen LogP) is 0.919. The lowest BCUT2D eigenvalue weighted by Gasteiger charge is -2.16. The minimum Gasteiger partial charge on any atom is -0.480 e. The summed E-state index contributed by atoms with van der Waals surface area (Å²) in [7, 11) is 1.57. The second-order valence-electron chi connectivity index (χ2n) is 4.61. The third-order valence-electron chi connectivity index (χ3n) is 3.02. The molecule has 1 rings (SSSR count). The van der Waals surface area contributed by atoms with E-state index in [-0.39, 0.29) is 0 Å². The number of carboxylic acid groups (broad SMARTS) is 1. The first kappa shape index (κ1) is 16.1. The van der Waals surface area contributed by atoms with Crippen LogP contribution in [0.3, 0.4) is 0 Å². The van der Waals surface area contributed by atoms with Crippen molar-refractivity contribution in [2.75, 3.05) is 31.8 Å². The van der Waals surface area contributed by atoms with Crippen LogP contribution in [0, 0.1) is 5.92 Å². The van der Waals surface area contributed by atoms with E-state index in [9.17, 15) is 9.59 Å². The summed E-state index contributed by atoms with van der Waals surface area (Å²) in [6.07, 6.45) is 2.09. The topological polar surface area (TPSA) is 87.7 Å². The van der Waals surface area contributed by atoms with Gasteiger partial charge < -0.3 is 20.5 Å². The van der Waals surface area contributed by atoms with Crippen LogP contribution in [0.25, 0.3) is 0 Å². The lowest BCUT2D eigenvalue weighted by atomic mass is 10.1. The molecule has 2 atom stereocenters. The van der Waals surface area contributed by atoms with E-state index in [1.165, 1.54) is 0 Å². The molecule has 110 valence electrons. The highest BCUT2D eigenvalue weighted by Gasteiger charge is 2.21. The van der Waals surface area contributed by atoms with Gasteiger partial charge in [0.2, 0.25) is 0 Å². The van der Waals surface area contributed by atoms with Gasteiger partial charge in [0.25, 0.3) is 0 Å². The van der Waals surface area contributed by atoms with E-state index in [1.807, 2.05) is 11.8 Å². The molecule has 6 nitrogen and oxygen atoms in total. The molecule has 0 aliphatic carbocycles. The van der Waals surface area contributed by atoms with Gasteiger partial charge in [-0.1, -0.05) is 0 Å². The Morgan fingerprint density at radius 2 is 2.32 bits per heavy atom. The molecule has 3 N–H and O–H groups in total. The van der Waals surface area contributed by atoms with Gasteiger partial charge in [-0.3, -0.25) is 0 Å². The molecule has 0 aromatic carbocycles. The fraction of sp³-hybridized carbons (Fsp3) is 0.833. The lowest BCUT2D eigenvalue weighted by Crippen LogP contribution is -2.47. The maximum atomic E-state index is 11.6. The maximum absolute atomic E-state index is 11.6. The van der Waals surface area contributed by atoms with Crippen LogP contribution < -0.4 is 10.6 Å². The third kappa shape index (κ3) is 6.68. The molecule has 0 bridgehead atoms. The molecule has 1 aliphatic heterocycles. The summed E-state index contributed by atoms with van der Waals surface area (Å²) in [6, 6.07) is -1.25. The Hall–Kier alpha value is -0.950. The molecule has 0 saturated carbocycles. The van der Waals surface area contributed by atoms with Crippen molar-refractivity contribution in [3.63, 3.8) is 0 Å². The zero-order chi connectivity index (χ0) is 14.1. The standard InChI is InChI=1S/C12H22N2O4S/c1-18-5-2-3-10(11(15)16)14-12(17)13-7-9-4-6-19-8-9/h9-10H,2-8H2,1H3,(H,15,16)(H2,13,14,17). The molecule has 1 saturated heterocycles. The number of carboxylic acids is 1. The molecule has 1 aliphatic rings. The van der Waals surface area contributed by atoms with Gasteiger partial charge in [-0.15, -0.1) is 0 Å². The molecule has 0 spiro atoms. The molecular weight excluding hydrogens is 268 g/mol. The van der Waals surface area contributed by atoms with E-state index in [2.05, 4.69) is 10.6 Å². The van der Waals surface area contributed by atoms with Gasteiger partial charge in [-0.25, -0.2) is 9.59 Å². The number of hydrogen-bond donors (Lipinski definition) is 3. The number of hydrogen-bond acceptors (Lipinski definition) is 4. The predicted molar refractivity (Wildman–Crippen MR) is 74.5 cm³/mol. The average Bonchev–Trinajstić information content (AvgIpc) is 2.88. The van der Waals surface area contributed by atoms with E-state index in [1.54, 1.807) is 7.11 Å². The van der Waals surface area contributed by atoms with Crippen molar-refractivity contribution in [3.05, 3.63) is 0 Å². The molecule has 0 aromatic rings. The number of methoxy groups -OCH3 is 1. The molecule has 2 unspecified atom stereocenters. The zero-order valence-corrected chi connectivity index (χ0v) is 12.0. The fourth-order valence-corrected chi connectivity index (χ4v) is 3.16. The largest absolute Gasteiger partial charge is 0.480 e. The highest BCUT2D eigenvalue weighted by molar-refractivity contribution is 7.99. The molecule has 7 heteroatoms.